The Balaban J connectivity index is 1.76. The maximum absolute atomic E-state index is 11.7. The molecule has 0 bridgehead atoms. The SMILES string of the molecule is O=C(NCC1CCOCC1)Nc1ccncc1Br. The molecule has 1 aliphatic rings. The molecule has 6 heteroatoms. The summed E-state index contributed by atoms with van der Waals surface area (Å²) in [4.78, 5) is 15.7. The highest BCUT2D eigenvalue weighted by Gasteiger charge is 2.14. The van der Waals surface area contributed by atoms with Gasteiger partial charge in [0, 0.05) is 32.2 Å². The van der Waals surface area contributed by atoms with Crippen molar-refractivity contribution in [2.45, 2.75) is 12.8 Å². The molecule has 0 spiro atoms. The van der Waals surface area contributed by atoms with Gasteiger partial charge in [-0.1, -0.05) is 0 Å². The zero-order valence-corrected chi connectivity index (χ0v) is 11.6. The summed E-state index contributed by atoms with van der Waals surface area (Å²) in [7, 11) is 0. The highest BCUT2D eigenvalue weighted by molar-refractivity contribution is 9.10. The molecule has 0 radical (unpaired) electrons. The second-order valence-electron chi connectivity index (χ2n) is 4.25. The molecule has 1 aromatic rings. The third-order valence-electron chi connectivity index (χ3n) is 2.91. The van der Waals surface area contributed by atoms with E-state index in [1.165, 1.54) is 0 Å². The van der Waals surface area contributed by atoms with Crippen molar-refractivity contribution >= 4 is 27.6 Å². The van der Waals surface area contributed by atoms with Gasteiger partial charge < -0.3 is 15.4 Å². The Morgan fingerprint density at radius 2 is 2.28 bits per heavy atom. The molecular weight excluding hydrogens is 298 g/mol. The summed E-state index contributed by atoms with van der Waals surface area (Å²) in [5.41, 5.74) is 0.717. The summed E-state index contributed by atoms with van der Waals surface area (Å²) in [5, 5.41) is 5.66. The van der Waals surface area contributed by atoms with Crippen molar-refractivity contribution in [1.82, 2.24) is 10.3 Å². The van der Waals surface area contributed by atoms with Crippen LogP contribution in [0.1, 0.15) is 12.8 Å². The zero-order chi connectivity index (χ0) is 12.8. The summed E-state index contributed by atoms with van der Waals surface area (Å²) in [5.74, 6) is 0.519. The van der Waals surface area contributed by atoms with Crippen molar-refractivity contribution in [3.8, 4) is 0 Å². The lowest BCUT2D eigenvalue weighted by atomic mass is 10.0. The van der Waals surface area contributed by atoms with Gasteiger partial charge in [0.1, 0.15) is 0 Å². The monoisotopic (exact) mass is 313 g/mol. The van der Waals surface area contributed by atoms with Crippen molar-refractivity contribution in [2.24, 2.45) is 5.92 Å². The largest absolute Gasteiger partial charge is 0.381 e. The Bertz CT molecular complexity index is 408. The van der Waals surface area contributed by atoms with Crippen molar-refractivity contribution in [1.29, 1.82) is 0 Å². The molecule has 5 nitrogen and oxygen atoms in total. The van der Waals surface area contributed by atoms with Gasteiger partial charge in [-0.2, -0.15) is 0 Å². The van der Waals surface area contributed by atoms with Crippen LogP contribution in [-0.2, 0) is 4.74 Å². The Morgan fingerprint density at radius 1 is 1.50 bits per heavy atom. The van der Waals surface area contributed by atoms with Crippen LogP contribution < -0.4 is 10.6 Å². The first-order valence-electron chi connectivity index (χ1n) is 5.98. The van der Waals surface area contributed by atoms with Crippen LogP contribution in [0.2, 0.25) is 0 Å². The van der Waals surface area contributed by atoms with Crippen LogP contribution in [0.25, 0.3) is 0 Å². The summed E-state index contributed by atoms with van der Waals surface area (Å²) in [6, 6.07) is 1.56. The molecule has 0 saturated carbocycles. The van der Waals surface area contributed by atoms with Crippen LogP contribution in [0.4, 0.5) is 10.5 Å². The van der Waals surface area contributed by atoms with Gasteiger partial charge >= 0.3 is 6.03 Å². The number of nitrogens with zero attached hydrogens (tertiary/aromatic N) is 1. The first-order chi connectivity index (χ1) is 8.75. The fraction of sp³-hybridized carbons (Fsp3) is 0.500. The average Bonchev–Trinajstić information content (AvgIpc) is 2.40. The predicted octanol–water partition coefficient (Wildman–Crippen LogP) is 2.39. The summed E-state index contributed by atoms with van der Waals surface area (Å²) >= 11 is 3.33. The maximum atomic E-state index is 11.7. The lowest BCUT2D eigenvalue weighted by Gasteiger charge is -2.22. The number of urea groups is 1. The fourth-order valence-electron chi connectivity index (χ4n) is 1.83. The molecule has 1 fully saturated rings. The molecule has 18 heavy (non-hydrogen) atoms. The third-order valence-corrected chi connectivity index (χ3v) is 3.54. The topological polar surface area (TPSA) is 63.2 Å². The van der Waals surface area contributed by atoms with E-state index >= 15 is 0 Å². The Morgan fingerprint density at radius 3 is 3.00 bits per heavy atom. The van der Waals surface area contributed by atoms with Gasteiger partial charge in [0.05, 0.1) is 10.2 Å². The number of hydrogen-bond acceptors (Lipinski definition) is 3. The average molecular weight is 314 g/mol. The van der Waals surface area contributed by atoms with E-state index in [-0.39, 0.29) is 6.03 Å². The van der Waals surface area contributed by atoms with Gasteiger partial charge in [-0.05, 0) is 40.8 Å². The first kappa shape index (κ1) is 13.3. The highest BCUT2D eigenvalue weighted by atomic mass is 79.9. The molecular formula is C12H16BrN3O2. The number of amides is 2. The van der Waals surface area contributed by atoms with E-state index in [0.717, 1.165) is 36.2 Å². The van der Waals surface area contributed by atoms with Crippen molar-refractivity contribution < 1.29 is 9.53 Å². The van der Waals surface area contributed by atoms with Gasteiger partial charge in [0.25, 0.3) is 0 Å². The standard InChI is InChI=1S/C12H16BrN3O2/c13-10-8-14-4-1-11(10)16-12(17)15-7-9-2-5-18-6-3-9/h1,4,8-9H,2-3,5-7H2,(H2,14,15,16,17). The molecule has 0 unspecified atom stereocenters. The van der Waals surface area contributed by atoms with Crippen LogP contribution in [0.15, 0.2) is 22.9 Å². The van der Waals surface area contributed by atoms with Crippen LogP contribution >= 0.6 is 15.9 Å². The first-order valence-corrected chi connectivity index (χ1v) is 6.77. The minimum Gasteiger partial charge on any atom is -0.381 e. The van der Waals surface area contributed by atoms with Gasteiger partial charge in [0.15, 0.2) is 0 Å². The van der Waals surface area contributed by atoms with Crippen LogP contribution in [0.5, 0.6) is 0 Å². The van der Waals surface area contributed by atoms with E-state index in [1.807, 2.05) is 0 Å². The Hall–Kier alpha value is -1.14. The van der Waals surface area contributed by atoms with Crippen molar-refractivity contribution in [3.63, 3.8) is 0 Å². The molecule has 1 aromatic heterocycles. The van der Waals surface area contributed by atoms with Crippen molar-refractivity contribution in [2.75, 3.05) is 25.1 Å². The lowest BCUT2D eigenvalue weighted by Crippen LogP contribution is -2.35. The van der Waals surface area contributed by atoms with Crippen LogP contribution in [0.3, 0.4) is 0 Å². The van der Waals surface area contributed by atoms with Crippen LogP contribution in [-0.4, -0.2) is 30.8 Å². The second-order valence-corrected chi connectivity index (χ2v) is 5.10. The number of nitrogens with one attached hydrogen (secondary N) is 2. The smallest absolute Gasteiger partial charge is 0.319 e. The predicted molar refractivity (Wildman–Crippen MR) is 72.5 cm³/mol. The van der Waals surface area contributed by atoms with Gasteiger partial charge in [-0.25, -0.2) is 4.79 Å². The van der Waals surface area contributed by atoms with E-state index in [1.54, 1.807) is 18.5 Å². The number of carbonyl (C=O) groups excluding carboxylic acids is 1. The summed E-state index contributed by atoms with van der Waals surface area (Å²) in [6.45, 7) is 2.28. The van der Waals surface area contributed by atoms with Crippen molar-refractivity contribution in [3.05, 3.63) is 22.9 Å². The molecule has 2 N–H and O–H groups in total. The minimum absolute atomic E-state index is 0.187. The van der Waals surface area contributed by atoms with E-state index in [4.69, 9.17) is 4.74 Å². The normalized spacial score (nSPS) is 16.3. The van der Waals surface area contributed by atoms with Gasteiger partial charge in [-0.3, -0.25) is 4.98 Å². The molecule has 2 rings (SSSR count). The van der Waals surface area contributed by atoms with E-state index in [2.05, 4.69) is 31.5 Å². The fourth-order valence-corrected chi connectivity index (χ4v) is 2.18. The molecule has 98 valence electrons. The molecule has 1 aliphatic heterocycles. The number of hydrogen-bond donors (Lipinski definition) is 2. The van der Waals surface area contributed by atoms with Crippen LogP contribution in [0, 0.1) is 5.92 Å². The molecule has 1 saturated heterocycles. The van der Waals surface area contributed by atoms with Gasteiger partial charge in [0.2, 0.25) is 0 Å². The number of aromatic nitrogens is 1. The summed E-state index contributed by atoms with van der Waals surface area (Å²) in [6.07, 6.45) is 5.31. The third kappa shape index (κ3) is 3.96. The molecule has 0 atom stereocenters. The second kappa shape index (κ2) is 6.70. The number of halogens is 1. The number of rotatable bonds is 3. The quantitative estimate of drug-likeness (QED) is 0.900. The number of carbonyl (C=O) groups is 1. The lowest BCUT2D eigenvalue weighted by molar-refractivity contribution is 0.0671. The molecule has 2 amide bonds. The highest BCUT2D eigenvalue weighted by Crippen LogP contribution is 2.19. The van der Waals surface area contributed by atoms with Gasteiger partial charge in [-0.15, -0.1) is 0 Å². The number of pyridine rings is 1. The molecule has 2 heterocycles. The minimum atomic E-state index is -0.187. The number of anilines is 1. The Kier molecular flexibility index (Phi) is 4.95. The zero-order valence-electron chi connectivity index (χ0n) is 9.99. The van der Waals surface area contributed by atoms with E-state index in [9.17, 15) is 4.79 Å². The summed E-state index contributed by atoms with van der Waals surface area (Å²) < 4.78 is 6.05. The van der Waals surface area contributed by atoms with E-state index in [0.29, 0.717) is 12.5 Å². The Labute approximate surface area is 114 Å². The molecule has 0 aliphatic carbocycles. The molecule has 0 aromatic carbocycles. The maximum Gasteiger partial charge on any atom is 0.319 e. The number of ether oxygens (including phenoxy) is 1. The van der Waals surface area contributed by atoms with E-state index < -0.39 is 0 Å².